The largest absolute Gasteiger partial charge is 0.507 e. The topological polar surface area (TPSA) is 96.4 Å². The first-order valence-electron chi connectivity index (χ1n) is 13.5. The number of aliphatic hydroxyl groups is 1. The molecule has 1 spiro atoms. The summed E-state index contributed by atoms with van der Waals surface area (Å²) in [7, 11) is 0. The summed E-state index contributed by atoms with van der Waals surface area (Å²) in [4.78, 5) is 44.8. The maximum Gasteiger partial charge on any atom is 0.296 e. The molecule has 2 aromatic rings. The molecule has 1 N–H and O–H groups in total. The van der Waals surface area contributed by atoms with Crippen molar-refractivity contribution in [2.75, 3.05) is 31.2 Å². The highest BCUT2D eigenvalue weighted by Gasteiger charge is 2.67. The Balaban J connectivity index is 1.70. The fraction of sp³-hybridized carbons (Fsp3) is 0.433. The lowest BCUT2D eigenvalue weighted by molar-refractivity contribution is -0.145. The number of nitrogens with zero attached hydrogens (tertiary/aromatic N) is 2. The van der Waals surface area contributed by atoms with Gasteiger partial charge >= 0.3 is 0 Å². The van der Waals surface area contributed by atoms with Gasteiger partial charge in [0.25, 0.3) is 17.6 Å². The quantitative estimate of drug-likeness (QED) is 0.301. The van der Waals surface area contributed by atoms with Crippen LogP contribution in [0.1, 0.15) is 57.1 Å². The molecule has 2 saturated heterocycles. The second-order valence-electron chi connectivity index (χ2n) is 10.0. The van der Waals surface area contributed by atoms with Crippen molar-refractivity contribution in [2.45, 2.75) is 57.6 Å². The molecule has 0 aliphatic carbocycles. The van der Waals surface area contributed by atoms with Gasteiger partial charge in [-0.2, -0.15) is 0 Å². The summed E-state index contributed by atoms with van der Waals surface area (Å²) in [6.45, 7) is 5.71. The van der Waals surface area contributed by atoms with Crippen LogP contribution in [0.2, 0.25) is 0 Å². The van der Waals surface area contributed by atoms with Crippen molar-refractivity contribution < 1.29 is 29.0 Å². The Kier molecular flexibility index (Phi) is 7.25. The number of carbonyl (C=O) groups excluding carboxylic acids is 3. The second kappa shape index (κ2) is 10.6. The third kappa shape index (κ3) is 4.07. The van der Waals surface area contributed by atoms with Gasteiger partial charge < -0.3 is 24.4 Å². The molecule has 2 aromatic carbocycles. The van der Waals surface area contributed by atoms with Crippen molar-refractivity contribution >= 4 is 29.0 Å². The Morgan fingerprint density at radius 3 is 2.53 bits per heavy atom. The van der Waals surface area contributed by atoms with Gasteiger partial charge in [0.15, 0.2) is 5.54 Å². The van der Waals surface area contributed by atoms with E-state index in [1.807, 2.05) is 26.0 Å². The molecule has 8 nitrogen and oxygen atoms in total. The highest BCUT2D eigenvalue weighted by atomic mass is 16.5. The first-order valence-corrected chi connectivity index (χ1v) is 13.5. The molecule has 0 radical (unpaired) electrons. The Morgan fingerprint density at radius 2 is 1.84 bits per heavy atom. The highest BCUT2D eigenvalue weighted by Crippen LogP contribution is 2.54. The van der Waals surface area contributed by atoms with E-state index in [1.54, 1.807) is 41.3 Å². The van der Waals surface area contributed by atoms with Gasteiger partial charge in [-0.3, -0.25) is 14.4 Å². The van der Waals surface area contributed by atoms with Crippen LogP contribution in [0, 0.1) is 0 Å². The Labute approximate surface area is 222 Å². The number of hydrogen-bond acceptors (Lipinski definition) is 6. The maximum absolute atomic E-state index is 14.5. The van der Waals surface area contributed by atoms with E-state index in [2.05, 4.69) is 0 Å². The van der Waals surface area contributed by atoms with Crippen LogP contribution < -0.4 is 9.64 Å². The number of aliphatic hydroxyl groups excluding tert-OH is 1. The van der Waals surface area contributed by atoms with Gasteiger partial charge in [0, 0.05) is 30.8 Å². The molecule has 0 saturated carbocycles. The number of fused-ring (bicyclic) bond motifs is 2. The first-order chi connectivity index (χ1) is 18.4. The lowest BCUT2D eigenvalue weighted by atomic mass is 9.81. The van der Waals surface area contributed by atoms with Crippen LogP contribution in [0.25, 0.3) is 5.76 Å². The zero-order valence-electron chi connectivity index (χ0n) is 21.9. The monoisotopic (exact) mass is 518 g/mol. The molecule has 2 atom stereocenters. The Bertz CT molecular complexity index is 1260. The number of benzene rings is 2. The van der Waals surface area contributed by atoms with Gasteiger partial charge in [-0.1, -0.05) is 38.5 Å². The minimum absolute atomic E-state index is 0.0901. The van der Waals surface area contributed by atoms with E-state index in [9.17, 15) is 19.5 Å². The van der Waals surface area contributed by atoms with Crippen molar-refractivity contribution in [3.63, 3.8) is 0 Å². The highest BCUT2D eigenvalue weighted by molar-refractivity contribution is 6.50. The normalized spacial score (nSPS) is 24.1. The van der Waals surface area contributed by atoms with Crippen molar-refractivity contribution in [1.82, 2.24) is 4.90 Å². The van der Waals surface area contributed by atoms with Crippen LogP contribution in [0.5, 0.6) is 5.75 Å². The Morgan fingerprint density at radius 1 is 1.08 bits per heavy atom. The number of likely N-dealkylation sites (tertiary alicyclic amines) is 1. The molecule has 200 valence electrons. The van der Waals surface area contributed by atoms with E-state index >= 15 is 0 Å². The number of Topliss-reactive ketones (excluding diaryl/α,β-unsaturated/α-hetero) is 1. The average Bonchev–Trinajstić information content (AvgIpc) is 3.60. The van der Waals surface area contributed by atoms with Crippen molar-refractivity contribution in [3.8, 4) is 5.75 Å². The summed E-state index contributed by atoms with van der Waals surface area (Å²) < 4.78 is 11.5. The van der Waals surface area contributed by atoms with E-state index < -0.39 is 23.1 Å². The minimum atomic E-state index is -1.76. The van der Waals surface area contributed by atoms with Crippen LogP contribution >= 0.6 is 0 Å². The van der Waals surface area contributed by atoms with Gasteiger partial charge in [0.2, 0.25) is 0 Å². The number of carbonyl (C=O) groups is 3. The molecular formula is C30H34N2O6. The summed E-state index contributed by atoms with van der Waals surface area (Å²) in [5.74, 6) is -1.81. The number of amides is 2. The maximum atomic E-state index is 14.5. The van der Waals surface area contributed by atoms with Crippen molar-refractivity contribution in [1.29, 1.82) is 0 Å². The SMILES string of the molecule is CCCCN1C(=O)C2(C(=C(O)c3ccc(OCCC)cc3)C(=O)C(=O)N2CC2CCCO2)c2ccccc21. The fourth-order valence-electron chi connectivity index (χ4n) is 5.72. The molecule has 3 aliphatic heterocycles. The van der Waals surface area contributed by atoms with Gasteiger partial charge in [-0.25, -0.2) is 0 Å². The number of para-hydroxylation sites is 1. The standard InChI is InChI=1S/C30H34N2O6/c1-3-5-16-31-24-11-7-6-10-23(24)30(29(31)36)25(26(33)20-12-14-21(15-13-20)37-17-4-2)27(34)28(35)32(30)19-22-9-8-18-38-22/h6-7,10-15,22,33H,3-5,8-9,16-19H2,1-2H3. The molecular weight excluding hydrogens is 484 g/mol. The molecule has 3 heterocycles. The molecule has 2 fully saturated rings. The number of anilines is 1. The van der Waals surface area contributed by atoms with E-state index in [0.29, 0.717) is 42.3 Å². The van der Waals surface area contributed by atoms with E-state index in [1.165, 1.54) is 4.90 Å². The summed E-state index contributed by atoms with van der Waals surface area (Å²) in [5, 5.41) is 11.6. The number of rotatable bonds is 9. The second-order valence-corrected chi connectivity index (χ2v) is 10.0. The zero-order chi connectivity index (χ0) is 26.9. The van der Waals surface area contributed by atoms with Gasteiger partial charge in [-0.15, -0.1) is 0 Å². The fourth-order valence-corrected chi connectivity index (χ4v) is 5.72. The molecule has 2 unspecified atom stereocenters. The summed E-state index contributed by atoms with van der Waals surface area (Å²) in [6.07, 6.45) is 3.77. The van der Waals surface area contributed by atoms with Gasteiger partial charge in [0.1, 0.15) is 11.5 Å². The van der Waals surface area contributed by atoms with Crippen LogP contribution in [-0.4, -0.2) is 60.0 Å². The number of unbranched alkanes of at least 4 members (excludes halogenated alkanes) is 1. The van der Waals surface area contributed by atoms with Crippen LogP contribution in [0.3, 0.4) is 0 Å². The minimum Gasteiger partial charge on any atom is -0.507 e. The van der Waals surface area contributed by atoms with Gasteiger partial charge in [0.05, 0.1) is 24.0 Å². The molecule has 5 rings (SSSR count). The third-order valence-corrected chi connectivity index (χ3v) is 7.56. The lowest BCUT2D eigenvalue weighted by Crippen LogP contribution is -2.54. The van der Waals surface area contributed by atoms with Crippen LogP contribution in [0.4, 0.5) is 5.69 Å². The molecule has 2 amide bonds. The predicted molar refractivity (Wildman–Crippen MR) is 143 cm³/mol. The summed E-state index contributed by atoms with van der Waals surface area (Å²) >= 11 is 0. The predicted octanol–water partition coefficient (Wildman–Crippen LogP) is 4.38. The summed E-state index contributed by atoms with van der Waals surface area (Å²) in [5.41, 5.74) is -0.437. The molecule has 38 heavy (non-hydrogen) atoms. The Hall–Kier alpha value is -3.65. The summed E-state index contributed by atoms with van der Waals surface area (Å²) in [6, 6.07) is 13.9. The number of hydrogen-bond donors (Lipinski definition) is 1. The van der Waals surface area contributed by atoms with Crippen molar-refractivity contribution in [3.05, 3.63) is 65.2 Å². The zero-order valence-corrected chi connectivity index (χ0v) is 21.9. The van der Waals surface area contributed by atoms with Crippen molar-refractivity contribution in [2.24, 2.45) is 0 Å². The first kappa shape index (κ1) is 26.0. The molecule has 0 bridgehead atoms. The van der Waals surface area contributed by atoms with Crippen LogP contribution in [0.15, 0.2) is 54.1 Å². The van der Waals surface area contributed by atoms with E-state index in [4.69, 9.17) is 9.47 Å². The average molecular weight is 519 g/mol. The third-order valence-electron chi connectivity index (χ3n) is 7.56. The van der Waals surface area contributed by atoms with Crippen LogP contribution in [-0.2, 0) is 24.7 Å². The van der Waals surface area contributed by atoms with Gasteiger partial charge in [-0.05, 0) is 56.0 Å². The van der Waals surface area contributed by atoms with E-state index in [0.717, 1.165) is 32.1 Å². The number of ketones is 1. The smallest absolute Gasteiger partial charge is 0.296 e. The number of ether oxygens (including phenoxy) is 2. The lowest BCUT2D eigenvalue weighted by Gasteiger charge is -2.35. The molecule has 3 aliphatic rings. The molecule has 0 aromatic heterocycles. The van der Waals surface area contributed by atoms with E-state index in [-0.39, 0.29) is 24.0 Å². The molecule has 8 heteroatoms.